The van der Waals surface area contributed by atoms with Crippen molar-refractivity contribution >= 4 is 41.5 Å². The number of aliphatic carboxylic acids is 1. The lowest BCUT2D eigenvalue weighted by atomic mass is 10.1. The van der Waals surface area contributed by atoms with Gasteiger partial charge in [0, 0.05) is 18.9 Å². The zero-order valence-electron chi connectivity index (χ0n) is 17.6. The van der Waals surface area contributed by atoms with E-state index in [-0.39, 0.29) is 24.6 Å². The van der Waals surface area contributed by atoms with Crippen LogP contribution < -0.4 is 15.7 Å². The molecule has 0 saturated carbocycles. The lowest BCUT2D eigenvalue weighted by Gasteiger charge is -2.25. The molecule has 2 atom stereocenters. The number of carbonyl (C=O) groups excluding carboxylic acids is 4. The van der Waals surface area contributed by atoms with Gasteiger partial charge in [-0.1, -0.05) is 30.4 Å². The Labute approximate surface area is 189 Å². The molecule has 0 bridgehead atoms. The van der Waals surface area contributed by atoms with Gasteiger partial charge < -0.3 is 30.5 Å². The van der Waals surface area contributed by atoms with E-state index in [0.29, 0.717) is 17.7 Å². The number of rotatable bonds is 6. The molecule has 2 aliphatic heterocycles. The van der Waals surface area contributed by atoms with Gasteiger partial charge in [-0.05, 0) is 48.2 Å². The van der Waals surface area contributed by atoms with E-state index in [1.54, 1.807) is 42.5 Å². The van der Waals surface area contributed by atoms with Crippen molar-refractivity contribution in [1.82, 2.24) is 10.2 Å². The third-order valence-corrected chi connectivity index (χ3v) is 5.72. The van der Waals surface area contributed by atoms with Gasteiger partial charge in [-0.3, -0.25) is 14.4 Å². The first kappa shape index (κ1) is 22.1. The number of hydrogen-bond donors (Lipinski definition) is 3. The molecule has 2 aromatic rings. The molecule has 2 aliphatic rings. The number of anilines is 1. The molecule has 33 heavy (non-hydrogen) atoms. The molecule has 9 heteroatoms. The summed E-state index contributed by atoms with van der Waals surface area (Å²) in [7, 11) is 0. The molecule has 4 rings (SSSR count). The van der Waals surface area contributed by atoms with Crippen molar-refractivity contribution in [2.24, 2.45) is 0 Å². The highest BCUT2D eigenvalue weighted by molar-refractivity contribution is 6.11. The molecule has 0 spiro atoms. The second kappa shape index (κ2) is 9.15. The Balaban J connectivity index is 1.52. The second-order valence-corrected chi connectivity index (χ2v) is 8.00. The summed E-state index contributed by atoms with van der Waals surface area (Å²) < 4.78 is 0. The average molecular weight is 448 g/mol. The molecule has 2 heterocycles. The summed E-state index contributed by atoms with van der Waals surface area (Å²) in [5, 5.41) is 25.4. The summed E-state index contributed by atoms with van der Waals surface area (Å²) in [6, 6.07) is 10.3. The van der Waals surface area contributed by atoms with Crippen LogP contribution in [0, 0.1) is 0 Å². The number of phenols is 1. The van der Waals surface area contributed by atoms with Crippen molar-refractivity contribution in [2.45, 2.75) is 31.3 Å². The van der Waals surface area contributed by atoms with Crippen LogP contribution in [0.3, 0.4) is 0 Å². The Kier molecular flexibility index (Phi) is 6.12. The minimum atomic E-state index is -1.33. The summed E-state index contributed by atoms with van der Waals surface area (Å²) in [5.41, 5.74) is 2.37. The number of amides is 3. The van der Waals surface area contributed by atoms with Gasteiger partial charge in [-0.2, -0.15) is 0 Å². The lowest BCUT2D eigenvalue weighted by molar-refractivity contribution is -0.305. The minimum Gasteiger partial charge on any atom is -0.550 e. The molecule has 0 aromatic heterocycles. The highest BCUT2D eigenvalue weighted by atomic mass is 16.4. The van der Waals surface area contributed by atoms with Gasteiger partial charge in [0.1, 0.15) is 11.8 Å². The fourth-order valence-electron chi connectivity index (χ4n) is 4.08. The van der Waals surface area contributed by atoms with E-state index < -0.39 is 36.3 Å². The van der Waals surface area contributed by atoms with Crippen molar-refractivity contribution in [2.75, 3.05) is 11.9 Å². The van der Waals surface area contributed by atoms with Crippen molar-refractivity contribution in [3.05, 3.63) is 59.2 Å². The fraction of sp³-hybridized carbons (Fsp3) is 0.250. The first-order chi connectivity index (χ1) is 15.8. The number of carboxylic acids is 1. The van der Waals surface area contributed by atoms with E-state index in [9.17, 15) is 29.4 Å². The highest BCUT2D eigenvalue weighted by Crippen LogP contribution is 2.30. The number of nitrogens with one attached hydrogen (secondary N) is 2. The van der Waals surface area contributed by atoms with E-state index in [0.717, 1.165) is 11.1 Å². The predicted molar refractivity (Wildman–Crippen MR) is 118 cm³/mol. The van der Waals surface area contributed by atoms with Crippen LogP contribution in [0.2, 0.25) is 0 Å². The smallest absolute Gasteiger partial charge is 0.256 e. The maximum Gasteiger partial charge on any atom is 0.256 e. The molecule has 3 amide bonds. The largest absolute Gasteiger partial charge is 0.550 e. The van der Waals surface area contributed by atoms with Crippen LogP contribution in [-0.4, -0.2) is 52.3 Å². The van der Waals surface area contributed by atoms with Crippen LogP contribution in [0.15, 0.2) is 42.5 Å². The number of carbonyl (C=O) groups is 4. The zero-order valence-corrected chi connectivity index (χ0v) is 17.6. The monoisotopic (exact) mass is 448 g/mol. The fourth-order valence-corrected chi connectivity index (χ4v) is 4.08. The average Bonchev–Trinajstić information content (AvgIpc) is 3.16. The van der Waals surface area contributed by atoms with Gasteiger partial charge >= 0.3 is 0 Å². The Morgan fingerprint density at radius 3 is 2.52 bits per heavy atom. The van der Waals surface area contributed by atoms with Crippen molar-refractivity contribution < 1.29 is 29.4 Å². The number of benzene rings is 2. The Morgan fingerprint density at radius 2 is 1.79 bits per heavy atom. The first-order valence-corrected chi connectivity index (χ1v) is 10.5. The second-order valence-electron chi connectivity index (χ2n) is 8.00. The van der Waals surface area contributed by atoms with Gasteiger partial charge in [-0.25, -0.2) is 0 Å². The SMILES string of the molecule is O=C([O-])CCC(=O)N[C@H]1CCN2C(=O)c3cc(/C=C/c4ccc(O)cc4)ccc3NC(=O)[C@H]12. The number of phenolic OH excluding ortho intramolecular Hbond substituents is 1. The summed E-state index contributed by atoms with van der Waals surface area (Å²) in [6.07, 6.45) is 3.39. The predicted octanol–water partition coefficient (Wildman–Crippen LogP) is 0.744. The van der Waals surface area contributed by atoms with Gasteiger partial charge in [0.25, 0.3) is 5.91 Å². The van der Waals surface area contributed by atoms with E-state index in [4.69, 9.17) is 0 Å². The minimum absolute atomic E-state index is 0.173. The van der Waals surface area contributed by atoms with E-state index in [2.05, 4.69) is 10.6 Å². The molecule has 3 N–H and O–H groups in total. The van der Waals surface area contributed by atoms with Crippen LogP contribution in [0.25, 0.3) is 12.2 Å². The molecule has 1 fully saturated rings. The maximum atomic E-state index is 13.3. The summed E-state index contributed by atoms with van der Waals surface area (Å²) in [5.74, 6) is -2.38. The molecule has 170 valence electrons. The van der Waals surface area contributed by atoms with Gasteiger partial charge in [0.2, 0.25) is 11.8 Å². The highest BCUT2D eigenvalue weighted by Gasteiger charge is 2.45. The topological polar surface area (TPSA) is 139 Å². The molecule has 9 nitrogen and oxygen atoms in total. The molecule has 0 radical (unpaired) electrons. The van der Waals surface area contributed by atoms with Crippen molar-refractivity contribution in [1.29, 1.82) is 0 Å². The number of carboxylic acid groups (broad SMARTS) is 1. The third-order valence-electron chi connectivity index (χ3n) is 5.72. The molecule has 0 unspecified atom stereocenters. The Bertz CT molecular complexity index is 1140. The normalized spacial score (nSPS) is 19.6. The molecule has 1 saturated heterocycles. The number of hydrogen-bond acceptors (Lipinski definition) is 6. The summed E-state index contributed by atoms with van der Waals surface area (Å²) >= 11 is 0. The van der Waals surface area contributed by atoms with Crippen LogP contribution in [0.4, 0.5) is 5.69 Å². The van der Waals surface area contributed by atoms with Crippen LogP contribution >= 0.6 is 0 Å². The van der Waals surface area contributed by atoms with E-state index in [1.165, 1.54) is 4.90 Å². The van der Waals surface area contributed by atoms with Crippen LogP contribution in [0.1, 0.15) is 40.7 Å². The molecule has 2 aromatic carbocycles. The Morgan fingerprint density at radius 1 is 1.09 bits per heavy atom. The van der Waals surface area contributed by atoms with Gasteiger partial charge in [0.15, 0.2) is 0 Å². The first-order valence-electron chi connectivity index (χ1n) is 10.5. The summed E-state index contributed by atoms with van der Waals surface area (Å²) in [6.45, 7) is 0.287. The van der Waals surface area contributed by atoms with E-state index >= 15 is 0 Å². The van der Waals surface area contributed by atoms with Gasteiger partial charge in [0.05, 0.1) is 17.3 Å². The summed E-state index contributed by atoms with van der Waals surface area (Å²) in [4.78, 5) is 50.2. The van der Waals surface area contributed by atoms with Crippen LogP contribution in [0.5, 0.6) is 5.75 Å². The Hall–Kier alpha value is -4.14. The van der Waals surface area contributed by atoms with Crippen LogP contribution in [-0.2, 0) is 14.4 Å². The molecular weight excluding hydrogens is 426 g/mol. The molecule has 0 aliphatic carbocycles. The van der Waals surface area contributed by atoms with Gasteiger partial charge in [-0.15, -0.1) is 0 Å². The van der Waals surface area contributed by atoms with Crippen molar-refractivity contribution in [3.63, 3.8) is 0 Å². The standard InChI is InChI=1S/C24H23N3O6/c28-16-6-3-14(4-7-16)1-2-15-5-8-18-17(13-15)24(33)27-12-11-19(22(27)23(32)26-18)25-20(29)9-10-21(30)31/h1-8,13,19,22,28H,9-12H2,(H,25,29)(H,26,32)(H,30,31)/p-1/b2-1+/t19-,22-/m0/s1. The quantitative estimate of drug-likeness (QED) is 0.557. The number of nitrogens with zero attached hydrogens (tertiary/aromatic N) is 1. The maximum absolute atomic E-state index is 13.3. The lowest BCUT2D eigenvalue weighted by Crippen LogP contribution is -2.51. The van der Waals surface area contributed by atoms with E-state index in [1.807, 2.05) is 12.2 Å². The zero-order chi connectivity index (χ0) is 23.5. The third kappa shape index (κ3) is 4.87. The number of aromatic hydroxyl groups is 1. The molecular formula is C24H22N3O6-. The van der Waals surface area contributed by atoms with Crippen molar-refractivity contribution in [3.8, 4) is 5.75 Å². The number of fused-ring (bicyclic) bond motifs is 2.